The van der Waals surface area contributed by atoms with Gasteiger partial charge in [0.2, 0.25) is 11.9 Å². The Morgan fingerprint density at radius 3 is 2.42 bits per heavy atom. The van der Waals surface area contributed by atoms with E-state index < -0.39 is 0 Å². The summed E-state index contributed by atoms with van der Waals surface area (Å²) in [6.45, 7) is 6.49. The molecule has 9 nitrogen and oxygen atoms in total. The van der Waals surface area contributed by atoms with Crippen LogP contribution in [0.1, 0.15) is 74.7 Å². The zero-order chi connectivity index (χ0) is 24.7. The summed E-state index contributed by atoms with van der Waals surface area (Å²) in [5, 5.41) is 3.17. The van der Waals surface area contributed by atoms with Crippen molar-refractivity contribution >= 4 is 28.8 Å². The van der Waals surface area contributed by atoms with Crippen molar-refractivity contribution in [3.8, 4) is 0 Å². The topological polar surface area (TPSA) is 94.6 Å². The number of fused-ring (bicyclic) bond motifs is 1. The highest BCUT2D eigenvalue weighted by molar-refractivity contribution is 5.94. The number of pyridine rings is 1. The van der Waals surface area contributed by atoms with Crippen LogP contribution in [0.4, 0.5) is 5.95 Å². The molecule has 1 N–H and O–H groups in total. The number of nitrogens with one attached hydrogen (secondary N) is 1. The van der Waals surface area contributed by atoms with Crippen LogP contribution in [0.2, 0.25) is 0 Å². The molecule has 0 atom stereocenters. The number of carbonyl (C=O) groups is 2. The minimum Gasteiger partial charge on any atom is -0.348 e. The van der Waals surface area contributed by atoms with Crippen LogP contribution in [0.5, 0.6) is 0 Å². The minimum absolute atomic E-state index is 0.137. The molecule has 0 saturated carbocycles. The van der Waals surface area contributed by atoms with Crippen LogP contribution in [0, 0.1) is 0 Å². The molecule has 36 heavy (non-hydrogen) atoms. The van der Waals surface area contributed by atoms with Gasteiger partial charge < -0.3 is 20.0 Å². The fraction of sp³-hybridized carbons (Fsp3) is 0.667. The van der Waals surface area contributed by atoms with Crippen LogP contribution in [-0.4, -0.2) is 88.4 Å². The smallest absolute Gasteiger partial charge is 0.270 e. The molecule has 3 aliphatic rings. The van der Waals surface area contributed by atoms with Crippen molar-refractivity contribution < 1.29 is 9.59 Å². The zero-order valence-corrected chi connectivity index (χ0v) is 21.3. The first-order valence-electron chi connectivity index (χ1n) is 13.9. The van der Waals surface area contributed by atoms with E-state index in [9.17, 15) is 9.59 Å². The molecular weight excluding hydrogens is 454 g/mol. The van der Waals surface area contributed by atoms with E-state index in [1.807, 2.05) is 11.0 Å². The fourth-order valence-electron chi connectivity index (χ4n) is 5.56. The van der Waals surface area contributed by atoms with Crippen LogP contribution in [0.25, 0.3) is 11.0 Å². The van der Waals surface area contributed by atoms with E-state index in [2.05, 4.69) is 25.1 Å². The van der Waals surface area contributed by atoms with Crippen molar-refractivity contribution in [3.63, 3.8) is 0 Å². The largest absolute Gasteiger partial charge is 0.348 e. The molecule has 9 heteroatoms. The van der Waals surface area contributed by atoms with E-state index in [0.29, 0.717) is 23.5 Å². The Hall–Kier alpha value is -2.81. The number of hydrogen-bond donors (Lipinski definition) is 1. The molecule has 0 radical (unpaired) electrons. The number of piperidine rings is 1. The number of anilines is 1. The summed E-state index contributed by atoms with van der Waals surface area (Å²) in [5.41, 5.74) is 1.84. The van der Waals surface area contributed by atoms with Gasteiger partial charge in [0.1, 0.15) is 11.2 Å². The fourth-order valence-corrected chi connectivity index (χ4v) is 5.56. The Bertz CT molecular complexity index is 1050. The summed E-state index contributed by atoms with van der Waals surface area (Å²) in [4.78, 5) is 45.7. The summed E-state index contributed by atoms with van der Waals surface area (Å²) in [7, 11) is 0. The molecule has 5 rings (SSSR count). The van der Waals surface area contributed by atoms with Crippen LogP contribution in [-0.2, 0) is 4.79 Å². The van der Waals surface area contributed by atoms with Crippen LogP contribution in [0.3, 0.4) is 0 Å². The predicted octanol–water partition coefficient (Wildman–Crippen LogP) is 3.00. The first-order chi connectivity index (χ1) is 17.7. The lowest BCUT2D eigenvalue weighted by Gasteiger charge is -2.33. The minimum atomic E-state index is -0.137. The maximum Gasteiger partial charge on any atom is 0.270 e. The number of aromatic nitrogens is 3. The quantitative estimate of drug-likeness (QED) is 0.661. The summed E-state index contributed by atoms with van der Waals surface area (Å²) in [6.07, 6.45) is 12.5. The molecule has 3 fully saturated rings. The summed E-state index contributed by atoms with van der Waals surface area (Å²) < 4.78 is 0. The maximum atomic E-state index is 12.9. The number of likely N-dealkylation sites (tertiary alicyclic amines) is 2. The average Bonchev–Trinajstić information content (AvgIpc) is 3.30. The second-order valence-electron chi connectivity index (χ2n) is 10.5. The maximum absolute atomic E-state index is 12.9. The molecule has 2 amide bonds. The second kappa shape index (κ2) is 12.0. The molecule has 194 valence electrons. The highest BCUT2D eigenvalue weighted by Gasteiger charge is 2.23. The van der Waals surface area contributed by atoms with Crippen molar-refractivity contribution in [1.82, 2.24) is 30.1 Å². The summed E-state index contributed by atoms with van der Waals surface area (Å²) in [6, 6.07) is 3.80. The zero-order valence-electron chi connectivity index (χ0n) is 21.3. The van der Waals surface area contributed by atoms with Crippen molar-refractivity contribution in [2.45, 2.75) is 70.3 Å². The van der Waals surface area contributed by atoms with Gasteiger partial charge in [-0.1, -0.05) is 19.3 Å². The van der Waals surface area contributed by atoms with Crippen LogP contribution in [0.15, 0.2) is 18.3 Å². The van der Waals surface area contributed by atoms with E-state index in [1.165, 1.54) is 25.7 Å². The lowest BCUT2D eigenvalue weighted by molar-refractivity contribution is -0.130. The van der Waals surface area contributed by atoms with E-state index in [4.69, 9.17) is 4.98 Å². The predicted molar refractivity (Wildman–Crippen MR) is 140 cm³/mol. The van der Waals surface area contributed by atoms with Gasteiger partial charge in [0.05, 0.1) is 11.7 Å². The van der Waals surface area contributed by atoms with Crippen molar-refractivity contribution in [2.75, 3.05) is 50.7 Å². The van der Waals surface area contributed by atoms with Gasteiger partial charge in [0, 0.05) is 58.3 Å². The Morgan fingerprint density at radius 1 is 0.861 bits per heavy atom. The van der Waals surface area contributed by atoms with Crippen molar-refractivity contribution in [1.29, 1.82) is 0 Å². The Labute approximate surface area is 213 Å². The van der Waals surface area contributed by atoms with Crippen LogP contribution < -0.4 is 10.2 Å². The van der Waals surface area contributed by atoms with Gasteiger partial charge in [-0.25, -0.2) is 15.0 Å². The SMILES string of the molecule is O=C(NC1CCN(CCN2CCCCCC2=O)CC1)c1ccc2nc(N3CCCCCC3)ncc2n1. The van der Waals surface area contributed by atoms with Gasteiger partial charge in [-0.15, -0.1) is 0 Å². The summed E-state index contributed by atoms with van der Waals surface area (Å²) >= 11 is 0. The first-order valence-corrected chi connectivity index (χ1v) is 13.9. The van der Waals surface area contributed by atoms with E-state index in [1.54, 1.807) is 12.3 Å². The second-order valence-corrected chi connectivity index (χ2v) is 10.5. The van der Waals surface area contributed by atoms with Gasteiger partial charge in [-0.3, -0.25) is 9.59 Å². The molecule has 5 heterocycles. The normalized spacial score (nSPS) is 20.8. The van der Waals surface area contributed by atoms with E-state index in [-0.39, 0.29) is 11.9 Å². The highest BCUT2D eigenvalue weighted by atomic mass is 16.2. The molecule has 0 unspecified atom stereocenters. The molecule has 3 saturated heterocycles. The van der Waals surface area contributed by atoms with E-state index >= 15 is 0 Å². The molecule has 0 bridgehead atoms. The van der Waals surface area contributed by atoms with Gasteiger partial charge >= 0.3 is 0 Å². The number of rotatable bonds is 6. The monoisotopic (exact) mass is 493 g/mol. The molecular formula is C27H39N7O2. The Balaban J connectivity index is 1.11. The number of nitrogens with zero attached hydrogens (tertiary/aromatic N) is 6. The lowest BCUT2D eigenvalue weighted by Crippen LogP contribution is -2.47. The van der Waals surface area contributed by atoms with Gasteiger partial charge in [-0.2, -0.15) is 0 Å². The third-order valence-corrected chi connectivity index (χ3v) is 7.83. The van der Waals surface area contributed by atoms with Crippen LogP contribution >= 0.6 is 0 Å². The lowest BCUT2D eigenvalue weighted by atomic mass is 10.0. The summed E-state index contributed by atoms with van der Waals surface area (Å²) in [5.74, 6) is 0.929. The number of hydrogen-bond acceptors (Lipinski definition) is 7. The van der Waals surface area contributed by atoms with E-state index in [0.717, 1.165) is 89.4 Å². The average molecular weight is 494 g/mol. The standard InChI is InChI=1S/C27H39N7O2/c35-25-8-4-3-7-13-33(25)19-18-32-16-11-21(12-17-32)29-26(36)23-10-9-22-24(30-23)20-28-27(31-22)34-14-5-1-2-6-15-34/h9-10,20-21H,1-8,11-19H2,(H,29,36). The van der Waals surface area contributed by atoms with Gasteiger partial charge in [0.25, 0.3) is 5.91 Å². The third-order valence-electron chi connectivity index (χ3n) is 7.83. The molecule has 3 aliphatic heterocycles. The van der Waals surface area contributed by atoms with Crippen molar-refractivity contribution in [2.24, 2.45) is 0 Å². The molecule has 2 aromatic heterocycles. The third kappa shape index (κ3) is 6.30. The molecule has 0 aliphatic carbocycles. The first kappa shape index (κ1) is 24.9. The number of amides is 2. The van der Waals surface area contributed by atoms with Crippen molar-refractivity contribution in [3.05, 3.63) is 24.0 Å². The highest BCUT2D eigenvalue weighted by Crippen LogP contribution is 2.19. The Morgan fingerprint density at radius 2 is 1.61 bits per heavy atom. The molecule has 0 spiro atoms. The van der Waals surface area contributed by atoms with Gasteiger partial charge in [-0.05, 0) is 50.7 Å². The molecule has 2 aromatic rings. The number of carbonyl (C=O) groups excluding carboxylic acids is 2. The van der Waals surface area contributed by atoms with Gasteiger partial charge in [0.15, 0.2) is 0 Å². The Kier molecular flexibility index (Phi) is 8.25. The molecule has 0 aromatic carbocycles.